The van der Waals surface area contributed by atoms with Crippen LogP contribution in [0.15, 0.2) is 4.99 Å². The molecule has 0 aliphatic rings. The summed E-state index contributed by atoms with van der Waals surface area (Å²) in [6, 6.07) is 0. The molecule has 0 aliphatic heterocycles. The molecule has 6 nitrogen and oxygen atoms in total. The molecule has 1 unspecified atom stereocenters. The lowest BCUT2D eigenvalue weighted by atomic mass is 10.3. The van der Waals surface area contributed by atoms with E-state index in [9.17, 15) is 9.00 Å². The van der Waals surface area contributed by atoms with E-state index in [1.807, 2.05) is 46.4 Å². The number of carbonyl (C=O) groups excluding carboxylic acids is 1. The third-order valence-corrected chi connectivity index (χ3v) is 5.24. The Balaban J connectivity index is 0. The third kappa shape index (κ3) is 11.2. The van der Waals surface area contributed by atoms with Crippen LogP contribution >= 0.6 is 24.0 Å². The van der Waals surface area contributed by atoms with Crippen LogP contribution in [-0.4, -0.2) is 64.2 Å². The van der Waals surface area contributed by atoms with Gasteiger partial charge in [-0.25, -0.2) is 0 Å². The predicted molar refractivity (Wildman–Crippen MR) is 115 cm³/mol. The normalized spacial score (nSPS) is 13.0. The molecule has 0 bridgehead atoms. The van der Waals surface area contributed by atoms with Crippen molar-refractivity contribution >= 4 is 46.6 Å². The molecular formula is C16H35IN4O2S. The van der Waals surface area contributed by atoms with E-state index < -0.39 is 10.8 Å². The van der Waals surface area contributed by atoms with Crippen LogP contribution in [0, 0.1) is 0 Å². The number of carbonyl (C=O) groups is 1. The van der Waals surface area contributed by atoms with Crippen molar-refractivity contribution < 1.29 is 9.00 Å². The van der Waals surface area contributed by atoms with Crippen LogP contribution < -0.4 is 10.6 Å². The maximum absolute atomic E-state index is 12.0. The van der Waals surface area contributed by atoms with Crippen molar-refractivity contribution in [2.45, 2.75) is 52.7 Å². The Labute approximate surface area is 167 Å². The molecular weight excluding hydrogens is 439 g/mol. The van der Waals surface area contributed by atoms with Crippen molar-refractivity contribution in [1.82, 2.24) is 15.5 Å². The number of nitrogens with zero attached hydrogens (tertiary/aromatic N) is 2. The number of amides is 1. The zero-order valence-electron chi connectivity index (χ0n) is 16.0. The van der Waals surface area contributed by atoms with Crippen molar-refractivity contribution in [2.24, 2.45) is 4.99 Å². The molecule has 24 heavy (non-hydrogen) atoms. The van der Waals surface area contributed by atoms with E-state index in [4.69, 9.17) is 0 Å². The average molecular weight is 474 g/mol. The van der Waals surface area contributed by atoms with E-state index in [0.717, 1.165) is 19.6 Å². The molecule has 1 atom stereocenters. The molecule has 144 valence electrons. The lowest BCUT2D eigenvalue weighted by molar-refractivity contribution is -0.130. The highest BCUT2D eigenvalue weighted by atomic mass is 127. The quantitative estimate of drug-likeness (QED) is 0.305. The molecule has 8 heteroatoms. The third-order valence-electron chi connectivity index (χ3n) is 3.32. The molecule has 0 fully saturated rings. The molecule has 0 saturated heterocycles. The van der Waals surface area contributed by atoms with Gasteiger partial charge in [0.2, 0.25) is 5.91 Å². The second-order valence-electron chi connectivity index (χ2n) is 6.17. The van der Waals surface area contributed by atoms with Crippen molar-refractivity contribution in [1.29, 1.82) is 0 Å². The maximum Gasteiger partial charge on any atom is 0.224 e. The van der Waals surface area contributed by atoms with Gasteiger partial charge >= 0.3 is 0 Å². The average Bonchev–Trinajstić information content (AvgIpc) is 2.47. The lowest BCUT2D eigenvalue weighted by Gasteiger charge is -2.19. The Morgan fingerprint density at radius 3 is 2.17 bits per heavy atom. The highest BCUT2D eigenvalue weighted by Crippen LogP contribution is 2.10. The highest BCUT2D eigenvalue weighted by molar-refractivity contribution is 14.0. The topological polar surface area (TPSA) is 73.8 Å². The van der Waals surface area contributed by atoms with Crippen LogP contribution in [-0.2, 0) is 15.6 Å². The first-order valence-electron chi connectivity index (χ1n) is 8.44. The van der Waals surface area contributed by atoms with Crippen LogP contribution in [0.2, 0.25) is 0 Å². The number of halogens is 1. The first-order chi connectivity index (χ1) is 10.8. The van der Waals surface area contributed by atoms with Gasteiger partial charge in [0.05, 0.1) is 6.54 Å². The summed E-state index contributed by atoms with van der Waals surface area (Å²) in [6.45, 7) is 15.1. The van der Waals surface area contributed by atoms with Gasteiger partial charge in [-0.05, 0) is 41.5 Å². The highest BCUT2D eigenvalue weighted by Gasteiger charge is 2.18. The van der Waals surface area contributed by atoms with E-state index in [0.29, 0.717) is 31.2 Å². The lowest BCUT2D eigenvalue weighted by Crippen LogP contribution is -2.40. The van der Waals surface area contributed by atoms with Crippen LogP contribution in [0.25, 0.3) is 0 Å². The molecule has 0 aromatic rings. The van der Waals surface area contributed by atoms with Gasteiger partial charge in [-0.1, -0.05) is 0 Å². The number of hydrogen-bond acceptors (Lipinski definition) is 3. The molecule has 0 aliphatic carbocycles. The molecule has 0 rings (SSSR count). The van der Waals surface area contributed by atoms with E-state index >= 15 is 0 Å². The molecule has 0 heterocycles. The molecule has 2 N–H and O–H groups in total. The molecule has 0 spiro atoms. The summed E-state index contributed by atoms with van der Waals surface area (Å²) in [5, 5.41) is 6.30. The van der Waals surface area contributed by atoms with Crippen LogP contribution in [0.3, 0.4) is 0 Å². The summed E-state index contributed by atoms with van der Waals surface area (Å²) in [6.07, 6.45) is 0.444. The smallest absolute Gasteiger partial charge is 0.224 e. The number of aliphatic imine (C=N–C) groups is 1. The predicted octanol–water partition coefficient (Wildman–Crippen LogP) is 1.97. The number of nitrogens with one attached hydrogen (secondary N) is 2. The summed E-state index contributed by atoms with van der Waals surface area (Å²) >= 11 is 0. The molecule has 0 aromatic carbocycles. The maximum atomic E-state index is 12.0. The first kappa shape index (κ1) is 25.9. The van der Waals surface area contributed by atoms with Gasteiger partial charge < -0.3 is 15.5 Å². The van der Waals surface area contributed by atoms with Gasteiger partial charge in [-0.2, -0.15) is 0 Å². The molecule has 0 aromatic heterocycles. The zero-order valence-corrected chi connectivity index (χ0v) is 19.1. The standard InChI is InChI=1S/C16H34N4O2S.HI/c1-7-17-15(19-12-13-23(22)16(4,5)6)18-11-10-14(21)20(8-2)9-3;/h7-13H2,1-6H3,(H2,17,18,19);1H. The molecule has 1 amide bonds. The first-order valence-corrected chi connectivity index (χ1v) is 9.76. The van der Waals surface area contributed by atoms with Gasteiger partial charge in [0.15, 0.2) is 5.96 Å². The summed E-state index contributed by atoms with van der Waals surface area (Å²) in [5.74, 6) is 1.36. The zero-order chi connectivity index (χ0) is 17.9. The van der Waals surface area contributed by atoms with Crippen molar-refractivity contribution in [3.8, 4) is 0 Å². The minimum atomic E-state index is -0.903. The van der Waals surface area contributed by atoms with Crippen LogP contribution in [0.4, 0.5) is 0 Å². The van der Waals surface area contributed by atoms with Crippen molar-refractivity contribution in [3.05, 3.63) is 0 Å². The fourth-order valence-corrected chi connectivity index (χ4v) is 2.78. The molecule has 0 radical (unpaired) electrons. The Morgan fingerprint density at radius 2 is 1.71 bits per heavy atom. The van der Waals surface area contributed by atoms with E-state index in [-0.39, 0.29) is 34.6 Å². The van der Waals surface area contributed by atoms with Crippen LogP contribution in [0.5, 0.6) is 0 Å². The van der Waals surface area contributed by atoms with Gasteiger partial charge in [-0.15, -0.1) is 24.0 Å². The Hall–Kier alpha value is -0.380. The minimum Gasteiger partial charge on any atom is -0.357 e. The minimum absolute atomic E-state index is 0. The van der Waals surface area contributed by atoms with Crippen molar-refractivity contribution in [2.75, 3.05) is 38.5 Å². The summed E-state index contributed by atoms with van der Waals surface area (Å²) in [7, 11) is -0.903. The largest absolute Gasteiger partial charge is 0.357 e. The fourth-order valence-electron chi connectivity index (χ4n) is 1.91. The molecule has 0 saturated carbocycles. The van der Waals surface area contributed by atoms with E-state index in [1.165, 1.54) is 0 Å². The Bertz CT molecular complexity index is 407. The summed E-state index contributed by atoms with van der Waals surface area (Å²) < 4.78 is 11.8. The second kappa shape index (κ2) is 13.9. The van der Waals surface area contributed by atoms with Crippen LogP contribution in [0.1, 0.15) is 48.0 Å². The summed E-state index contributed by atoms with van der Waals surface area (Å²) in [5.41, 5.74) is 0. The van der Waals surface area contributed by atoms with E-state index in [1.54, 1.807) is 0 Å². The SMILES string of the molecule is CCNC(=NCCS(=O)C(C)(C)C)NCCC(=O)N(CC)CC.I. The number of hydrogen-bond donors (Lipinski definition) is 2. The summed E-state index contributed by atoms with van der Waals surface area (Å²) in [4.78, 5) is 18.2. The number of rotatable bonds is 9. The Morgan fingerprint density at radius 1 is 1.12 bits per heavy atom. The van der Waals surface area contributed by atoms with Gasteiger partial charge in [-0.3, -0.25) is 14.0 Å². The fraction of sp³-hybridized carbons (Fsp3) is 0.875. The van der Waals surface area contributed by atoms with Gasteiger partial charge in [0.25, 0.3) is 0 Å². The van der Waals surface area contributed by atoms with Crippen molar-refractivity contribution in [3.63, 3.8) is 0 Å². The van der Waals surface area contributed by atoms with Gasteiger partial charge in [0.1, 0.15) is 0 Å². The number of guanidine groups is 1. The van der Waals surface area contributed by atoms with Gasteiger partial charge in [0, 0.05) is 53.9 Å². The Kier molecular flexibility index (Phi) is 14.9. The monoisotopic (exact) mass is 474 g/mol. The second-order valence-corrected chi connectivity index (χ2v) is 8.49. The van der Waals surface area contributed by atoms with E-state index in [2.05, 4.69) is 15.6 Å².